The van der Waals surface area contributed by atoms with Crippen LogP contribution in [0.3, 0.4) is 0 Å². The fourth-order valence-electron chi connectivity index (χ4n) is 3.24. The molecule has 1 amide bonds. The summed E-state index contributed by atoms with van der Waals surface area (Å²) >= 11 is 0. The molecule has 0 aliphatic heterocycles. The molecule has 4 rings (SSSR count). The molecular formula is C21H21N3O. The Morgan fingerprint density at radius 3 is 2.36 bits per heavy atom. The number of carbonyl (C=O) groups excluding carboxylic acids is 1. The largest absolute Gasteiger partial charge is 0.345 e. The minimum atomic E-state index is -0.0552. The number of amides is 1. The van der Waals surface area contributed by atoms with Crippen LogP contribution < -0.4 is 5.32 Å². The molecule has 1 aromatic heterocycles. The van der Waals surface area contributed by atoms with Crippen LogP contribution in [0.2, 0.25) is 0 Å². The molecule has 1 aliphatic carbocycles. The standard InChI is InChI=1S/C21H21N3O/c1-15-19(14-22-24(15)18-10-6-3-7-11-18)21(25)23-20(17-12-13-17)16-8-4-2-5-9-16/h2-11,14,17,20H,12-13H2,1H3,(H,23,25)/t20-/m1/s1. The van der Waals surface area contributed by atoms with Crippen molar-refractivity contribution in [3.05, 3.63) is 83.7 Å². The number of hydrogen-bond acceptors (Lipinski definition) is 2. The first kappa shape index (κ1) is 15.6. The monoisotopic (exact) mass is 331 g/mol. The first-order valence-corrected chi connectivity index (χ1v) is 8.70. The number of carbonyl (C=O) groups is 1. The van der Waals surface area contributed by atoms with E-state index in [1.807, 2.05) is 60.1 Å². The molecule has 0 bridgehead atoms. The van der Waals surface area contributed by atoms with Crippen molar-refractivity contribution in [2.75, 3.05) is 0 Å². The topological polar surface area (TPSA) is 46.9 Å². The van der Waals surface area contributed by atoms with Gasteiger partial charge in [-0.3, -0.25) is 4.79 Å². The van der Waals surface area contributed by atoms with Crippen molar-refractivity contribution >= 4 is 5.91 Å². The lowest BCUT2D eigenvalue weighted by Gasteiger charge is -2.18. The van der Waals surface area contributed by atoms with Gasteiger partial charge in [0.25, 0.3) is 5.91 Å². The van der Waals surface area contributed by atoms with Crippen LogP contribution in [0, 0.1) is 12.8 Å². The van der Waals surface area contributed by atoms with Gasteiger partial charge in [0.1, 0.15) is 0 Å². The van der Waals surface area contributed by atoms with Crippen LogP contribution >= 0.6 is 0 Å². The van der Waals surface area contributed by atoms with Crippen molar-refractivity contribution in [1.82, 2.24) is 15.1 Å². The maximum absolute atomic E-state index is 12.9. The first-order valence-electron chi connectivity index (χ1n) is 8.70. The molecule has 0 spiro atoms. The van der Waals surface area contributed by atoms with Gasteiger partial charge >= 0.3 is 0 Å². The number of para-hydroxylation sites is 1. The molecule has 25 heavy (non-hydrogen) atoms. The molecule has 0 unspecified atom stereocenters. The Hall–Kier alpha value is -2.88. The lowest BCUT2D eigenvalue weighted by atomic mass is 10.0. The minimum absolute atomic E-state index is 0.0552. The summed E-state index contributed by atoms with van der Waals surface area (Å²) in [5, 5.41) is 7.63. The van der Waals surface area contributed by atoms with Gasteiger partial charge in [-0.25, -0.2) is 4.68 Å². The van der Waals surface area contributed by atoms with Crippen molar-refractivity contribution < 1.29 is 4.79 Å². The van der Waals surface area contributed by atoms with Gasteiger partial charge in [-0.15, -0.1) is 0 Å². The van der Waals surface area contributed by atoms with E-state index in [4.69, 9.17) is 0 Å². The summed E-state index contributed by atoms with van der Waals surface area (Å²) in [6.07, 6.45) is 4.00. The van der Waals surface area contributed by atoms with E-state index < -0.39 is 0 Å². The van der Waals surface area contributed by atoms with Gasteiger partial charge in [0.05, 0.1) is 29.2 Å². The van der Waals surface area contributed by atoms with E-state index in [9.17, 15) is 4.79 Å². The Balaban J connectivity index is 1.58. The van der Waals surface area contributed by atoms with Crippen LogP contribution in [0.5, 0.6) is 0 Å². The van der Waals surface area contributed by atoms with Gasteiger partial charge < -0.3 is 5.32 Å². The van der Waals surface area contributed by atoms with Crippen molar-refractivity contribution in [3.63, 3.8) is 0 Å². The van der Waals surface area contributed by atoms with Crippen LogP contribution in [0.25, 0.3) is 5.69 Å². The fourth-order valence-corrected chi connectivity index (χ4v) is 3.24. The Morgan fingerprint density at radius 2 is 1.72 bits per heavy atom. The van der Waals surface area contributed by atoms with Gasteiger partial charge in [0, 0.05) is 0 Å². The maximum Gasteiger partial charge on any atom is 0.255 e. The van der Waals surface area contributed by atoms with E-state index in [2.05, 4.69) is 22.5 Å². The summed E-state index contributed by atoms with van der Waals surface area (Å²) < 4.78 is 1.81. The van der Waals surface area contributed by atoms with Crippen LogP contribution in [-0.4, -0.2) is 15.7 Å². The normalized spacial score (nSPS) is 14.9. The number of nitrogens with zero attached hydrogens (tertiary/aromatic N) is 2. The van der Waals surface area contributed by atoms with Gasteiger partial charge in [0.2, 0.25) is 0 Å². The lowest BCUT2D eigenvalue weighted by molar-refractivity contribution is 0.0931. The van der Waals surface area contributed by atoms with E-state index in [0.29, 0.717) is 11.5 Å². The van der Waals surface area contributed by atoms with Crippen LogP contribution in [0.4, 0.5) is 0 Å². The molecule has 1 heterocycles. The second-order valence-corrected chi connectivity index (χ2v) is 6.59. The molecule has 2 aromatic carbocycles. The van der Waals surface area contributed by atoms with Crippen molar-refractivity contribution in [1.29, 1.82) is 0 Å². The third kappa shape index (κ3) is 3.20. The first-order chi connectivity index (χ1) is 12.2. The quantitative estimate of drug-likeness (QED) is 0.766. The van der Waals surface area contributed by atoms with E-state index in [-0.39, 0.29) is 11.9 Å². The molecule has 126 valence electrons. The van der Waals surface area contributed by atoms with Gasteiger partial charge in [-0.05, 0) is 43.4 Å². The van der Waals surface area contributed by atoms with Gasteiger partial charge in [0.15, 0.2) is 0 Å². The molecule has 1 saturated carbocycles. The lowest BCUT2D eigenvalue weighted by Crippen LogP contribution is -2.30. The Morgan fingerprint density at radius 1 is 1.08 bits per heavy atom. The molecule has 4 nitrogen and oxygen atoms in total. The smallest absolute Gasteiger partial charge is 0.255 e. The molecule has 3 aromatic rings. The predicted octanol–water partition coefficient (Wildman–Crippen LogP) is 4.06. The van der Waals surface area contributed by atoms with E-state index in [1.54, 1.807) is 6.20 Å². The second kappa shape index (κ2) is 6.55. The number of benzene rings is 2. The van der Waals surface area contributed by atoms with Crippen molar-refractivity contribution in [3.8, 4) is 5.69 Å². The SMILES string of the molecule is Cc1c(C(=O)N[C@H](c2ccccc2)C2CC2)cnn1-c1ccccc1. The van der Waals surface area contributed by atoms with E-state index in [1.165, 1.54) is 18.4 Å². The number of aromatic nitrogens is 2. The van der Waals surface area contributed by atoms with E-state index >= 15 is 0 Å². The molecule has 0 saturated heterocycles. The highest BCUT2D eigenvalue weighted by Crippen LogP contribution is 2.41. The van der Waals surface area contributed by atoms with Crippen molar-refractivity contribution in [2.45, 2.75) is 25.8 Å². The summed E-state index contributed by atoms with van der Waals surface area (Å²) in [5.41, 5.74) is 3.61. The zero-order chi connectivity index (χ0) is 17.2. The third-order valence-corrected chi connectivity index (χ3v) is 4.79. The van der Waals surface area contributed by atoms with Crippen LogP contribution in [0.15, 0.2) is 66.9 Å². The molecule has 1 N–H and O–H groups in total. The number of rotatable bonds is 5. The Kier molecular flexibility index (Phi) is 4.10. The molecule has 1 atom stereocenters. The maximum atomic E-state index is 12.9. The number of nitrogens with one attached hydrogen (secondary N) is 1. The number of hydrogen-bond donors (Lipinski definition) is 1. The molecule has 1 fully saturated rings. The Labute approximate surface area is 147 Å². The molecule has 0 radical (unpaired) electrons. The highest BCUT2D eigenvalue weighted by atomic mass is 16.1. The molecular weight excluding hydrogens is 310 g/mol. The van der Waals surface area contributed by atoms with E-state index in [0.717, 1.165) is 11.4 Å². The average Bonchev–Trinajstić information content (AvgIpc) is 3.42. The molecule has 1 aliphatic rings. The summed E-state index contributed by atoms with van der Waals surface area (Å²) in [6, 6.07) is 20.2. The molecule has 4 heteroatoms. The predicted molar refractivity (Wildman–Crippen MR) is 97.7 cm³/mol. The Bertz CT molecular complexity index is 867. The fraction of sp³-hybridized carbons (Fsp3) is 0.238. The zero-order valence-corrected chi connectivity index (χ0v) is 14.2. The summed E-state index contributed by atoms with van der Waals surface area (Å²) in [4.78, 5) is 12.9. The second-order valence-electron chi connectivity index (χ2n) is 6.59. The summed E-state index contributed by atoms with van der Waals surface area (Å²) in [6.45, 7) is 1.93. The summed E-state index contributed by atoms with van der Waals surface area (Å²) in [7, 11) is 0. The van der Waals surface area contributed by atoms with Crippen LogP contribution in [-0.2, 0) is 0 Å². The summed E-state index contributed by atoms with van der Waals surface area (Å²) in [5.74, 6) is 0.483. The minimum Gasteiger partial charge on any atom is -0.345 e. The average molecular weight is 331 g/mol. The highest BCUT2D eigenvalue weighted by molar-refractivity contribution is 5.95. The third-order valence-electron chi connectivity index (χ3n) is 4.79. The van der Waals surface area contributed by atoms with Crippen molar-refractivity contribution in [2.24, 2.45) is 5.92 Å². The highest BCUT2D eigenvalue weighted by Gasteiger charge is 2.34. The van der Waals surface area contributed by atoms with Crippen LogP contribution in [0.1, 0.15) is 40.5 Å². The zero-order valence-electron chi connectivity index (χ0n) is 14.2. The van der Waals surface area contributed by atoms with Gasteiger partial charge in [-0.2, -0.15) is 5.10 Å². The van der Waals surface area contributed by atoms with Gasteiger partial charge in [-0.1, -0.05) is 48.5 Å².